The molecule has 10 heteroatoms. The van der Waals surface area contributed by atoms with Gasteiger partial charge in [0, 0.05) is 35.0 Å². The predicted octanol–water partition coefficient (Wildman–Crippen LogP) is 4.78. The summed E-state index contributed by atoms with van der Waals surface area (Å²) < 4.78 is 26.6. The van der Waals surface area contributed by atoms with Gasteiger partial charge in [-0.15, -0.1) is 0 Å². The highest BCUT2D eigenvalue weighted by Crippen LogP contribution is 2.45. The quantitative estimate of drug-likeness (QED) is 0.226. The fraction of sp³-hybridized carbons (Fsp3) is 0.200. The molecule has 0 aliphatic heterocycles. The van der Waals surface area contributed by atoms with E-state index in [1.165, 1.54) is 11.5 Å². The SMILES string of the molecule is COc1ccc(-c2cnsc2-c2cc(OC)c(OC)c(OC)c2)cc1NC(=O)[C@@H]([NH3+])Cc1cc2ccccc2[nH]1. The van der Waals surface area contributed by atoms with Crippen LogP contribution in [0.4, 0.5) is 5.69 Å². The van der Waals surface area contributed by atoms with E-state index in [1.54, 1.807) is 34.6 Å². The van der Waals surface area contributed by atoms with E-state index in [-0.39, 0.29) is 5.91 Å². The summed E-state index contributed by atoms with van der Waals surface area (Å²) in [6, 6.07) is 19.0. The predicted molar refractivity (Wildman–Crippen MR) is 157 cm³/mol. The molecule has 0 fully saturated rings. The molecule has 0 aliphatic rings. The lowest BCUT2D eigenvalue weighted by Gasteiger charge is -2.15. The van der Waals surface area contributed by atoms with Crippen molar-refractivity contribution in [2.45, 2.75) is 12.5 Å². The van der Waals surface area contributed by atoms with Gasteiger partial charge in [-0.1, -0.05) is 24.3 Å². The first-order valence-electron chi connectivity index (χ1n) is 12.6. The molecular formula is C30H31N4O5S+. The van der Waals surface area contributed by atoms with Crippen molar-refractivity contribution in [3.05, 3.63) is 72.6 Å². The number of anilines is 1. The number of ether oxygens (including phenoxy) is 4. The lowest BCUT2D eigenvalue weighted by Crippen LogP contribution is -2.67. The molecule has 1 atom stereocenters. The van der Waals surface area contributed by atoms with Crippen LogP contribution in [0, 0.1) is 0 Å². The lowest BCUT2D eigenvalue weighted by atomic mass is 10.0. The smallest absolute Gasteiger partial charge is 0.283 e. The normalized spacial score (nSPS) is 11.7. The number of rotatable bonds is 10. The highest BCUT2D eigenvalue weighted by Gasteiger charge is 2.22. The first kappa shape index (κ1) is 27.0. The van der Waals surface area contributed by atoms with E-state index < -0.39 is 6.04 Å². The fourth-order valence-corrected chi connectivity index (χ4v) is 5.43. The average molecular weight is 560 g/mol. The zero-order chi connectivity index (χ0) is 28.2. The van der Waals surface area contributed by atoms with Gasteiger partial charge in [0.05, 0.1) is 39.0 Å². The van der Waals surface area contributed by atoms with Crippen LogP contribution in [0.1, 0.15) is 5.69 Å². The number of hydrogen-bond acceptors (Lipinski definition) is 7. The van der Waals surface area contributed by atoms with Crippen molar-refractivity contribution in [2.24, 2.45) is 0 Å². The summed E-state index contributed by atoms with van der Waals surface area (Å²) >= 11 is 1.35. The molecule has 5 rings (SSSR count). The van der Waals surface area contributed by atoms with Gasteiger partial charge >= 0.3 is 0 Å². The average Bonchev–Trinajstić information content (AvgIpc) is 3.63. The number of H-pyrrole nitrogens is 1. The molecule has 2 heterocycles. The molecule has 0 saturated carbocycles. The van der Waals surface area contributed by atoms with Gasteiger partial charge in [-0.2, -0.15) is 4.37 Å². The van der Waals surface area contributed by atoms with Gasteiger partial charge in [-0.25, -0.2) is 0 Å². The Morgan fingerprint density at radius 2 is 1.65 bits per heavy atom. The van der Waals surface area contributed by atoms with E-state index in [0.717, 1.165) is 38.2 Å². The Morgan fingerprint density at radius 3 is 2.33 bits per heavy atom. The zero-order valence-electron chi connectivity index (χ0n) is 22.7. The molecule has 5 aromatic rings. The number of amides is 1. The molecule has 206 valence electrons. The maximum Gasteiger partial charge on any atom is 0.283 e. The molecule has 5 N–H and O–H groups in total. The fourth-order valence-electron chi connectivity index (χ4n) is 4.68. The number of aromatic nitrogens is 2. The summed E-state index contributed by atoms with van der Waals surface area (Å²) in [5.41, 5.74) is 9.28. The number of nitrogens with one attached hydrogen (secondary N) is 2. The van der Waals surface area contributed by atoms with Gasteiger partial charge in [0.15, 0.2) is 17.5 Å². The van der Waals surface area contributed by atoms with Crippen LogP contribution in [0.15, 0.2) is 66.9 Å². The molecule has 0 saturated heterocycles. The Kier molecular flexibility index (Phi) is 7.90. The molecule has 2 aromatic heterocycles. The molecule has 9 nitrogen and oxygen atoms in total. The number of nitrogens with zero attached hydrogens (tertiary/aromatic N) is 1. The van der Waals surface area contributed by atoms with Crippen LogP contribution in [-0.4, -0.2) is 49.7 Å². The van der Waals surface area contributed by atoms with Crippen molar-refractivity contribution in [3.8, 4) is 44.6 Å². The van der Waals surface area contributed by atoms with Crippen LogP contribution >= 0.6 is 11.5 Å². The third kappa shape index (κ3) is 5.31. The van der Waals surface area contributed by atoms with E-state index in [2.05, 4.69) is 26.5 Å². The van der Waals surface area contributed by atoms with Gasteiger partial charge < -0.3 is 35.0 Å². The summed E-state index contributed by atoms with van der Waals surface area (Å²) in [5, 5.41) is 4.12. The molecule has 0 spiro atoms. The Morgan fingerprint density at radius 1 is 0.925 bits per heavy atom. The van der Waals surface area contributed by atoms with Crippen LogP contribution < -0.4 is 30.0 Å². The third-order valence-electron chi connectivity index (χ3n) is 6.69. The van der Waals surface area contributed by atoms with Crippen molar-refractivity contribution < 1.29 is 29.5 Å². The molecule has 1 amide bonds. The number of methoxy groups -OCH3 is 4. The summed E-state index contributed by atoms with van der Waals surface area (Å²) in [6.07, 6.45) is 2.28. The van der Waals surface area contributed by atoms with Gasteiger partial charge in [0.25, 0.3) is 5.91 Å². The summed E-state index contributed by atoms with van der Waals surface area (Å²) in [7, 11) is 6.31. The first-order chi connectivity index (χ1) is 19.4. The van der Waals surface area contributed by atoms with Gasteiger partial charge in [-0.05, 0) is 58.9 Å². The first-order valence-corrected chi connectivity index (χ1v) is 13.4. The molecule has 0 aliphatic carbocycles. The third-order valence-corrected chi connectivity index (χ3v) is 7.54. The minimum atomic E-state index is -0.515. The van der Waals surface area contributed by atoms with Crippen molar-refractivity contribution in [2.75, 3.05) is 33.8 Å². The zero-order valence-corrected chi connectivity index (χ0v) is 23.6. The number of hydrogen-bond donors (Lipinski definition) is 3. The van der Waals surface area contributed by atoms with E-state index in [9.17, 15) is 4.79 Å². The van der Waals surface area contributed by atoms with Crippen LogP contribution in [0.25, 0.3) is 32.5 Å². The molecule has 0 bridgehead atoms. The van der Waals surface area contributed by atoms with Crippen molar-refractivity contribution in [1.82, 2.24) is 9.36 Å². The summed E-state index contributed by atoms with van der Waals surface area (Å²) in [5.74, 6) is 1.96. The van der Waals surface area contributed by atoms with E-state index in [4.69, 9.17) is 18.9 Å². The summed E-state index contributed by atoms with van der Waals surface area (Å²) in [6.45, 7) is 0. The second-order valence-electron chi connectivity index (χ2n) is 9.17. The Balaban J connectivity index is 1.42. The highest BCUT2D eigenvalue weighted by molar-refractivity contribution is 7.10. The number of carbonyl (C=O) groups excluding carboxylic acids is 1. The maximum absolute atomic E-state index is 13.2. The van der Waals surface area contributed by atoms with Crippen LogP contribution in [0.3, 0.4) is 0 Å². The Labute approximate surface area is 236 Å². The Bertz CT molecular complexity index is 1600. The van der Waals surface area contributed by atoms with Crippen molar-refractivity contribution in [1.29, 1.82) is 0 Å². The van der Waals surface area contributed by atoms with E-state index in [1.807, 2.05) is 54.6 Å². The minimum absolute atomic E-state index is 0.206. The molecule has 0 radical (unpaired) electrons. The maximum atomic E-state index is 13.2. The number of para-hydroxylation sites is 1. The second-order valence-corrected chi connectivity index (χ2v) is 9.97. The molecule has 3 aromatic carbocycles. The minimum Gasteiger partial charge on any atom is -0.495 e. The molecular weight excluding hydrogens is 528 g/mol. The van der Waals surface area contributed by atoms with Crippen LogP contribution in [0.2, 0.25) is 0 Å². The molecule has 0 unspecified atom stereocenters. The topological polar surface area (TPSA) is 122 Å². The molecule has 40 heavy (non-hydrogen) atoms. The van der Waals surface area contributed by atoms with E-state index >= 15 is 0 Å². The number of aromatic amines is 1. The van der Waals surface area contributed by atoms with Gasteiger partial charge in [0.1, 0.15) is 5.75 Å². The van der Waals surface area contributed by atoms with Crippen molar-refractivity contribution >= 4 is 34.0 Å². The second kappa shape index (κ2) is 11.7. The Hall–Kier alpha value is -4.54. The lowest BCUT2D eigenvalue weighted by molar-refractivity contribution is -0.402. The van der Waals surface area contributed by atoms with Gasteiger partial charge in [0.2, 0.25) is 5.75 Å². The van der Waals surface area contributed by atoms with E-state index in [0.29, 0.717) is 35.1 Å². The van der Waals surface area contributed by atoms with Crippen LogP contribution in [-0.2, 0) is 11.2 Å². The van der Waals surface area contributed by atoms with Crippen molar-refractivity contribution in [3.63, 3.8) is 0 Å². The summed E-state index contributed by atoms with van der Waals surface area (Å²) in [4.78, 5) is 17.5. The number of quaternary nitrogens is 1. The number of carbonyl (C=O) groups is 1. The van der Waals surface area contributed by atoms with Crippen LogP contribution in [0.5, 0.6) is 23.0 Å². The standard InChI is InChI=1S/C30H30N4O5S/c1-36-25-10-9-17(21-16-32-40-29(21)19-13-26(37-2)28(39-4)27(14-19)38-3)12-24(25)34-30(35)22(31)15-20-11-18-7-5-6-8-23(18)33-20/h5-14,16,22,33H,15,31H2,1-4H3,(H,34,35)/p+1/t22-/m0/s1. The monoisotopic (exact) mass is 559 g/mol. The number of fused-ring (bicyclic) bond motifs is 1. The largest absolute Gasteiger partial charge is 0.495 e. The number of benzene rings is 3. The highest BCUT2D eigenvalue weighted by atomic mass is 32.1. The van der Waals surface area contributed by atoms with Gasteiger partial charge in [-0.3, -0.25) is 4.79 Å².